The molecule has 11 heteroatoms. The first-order valence-electron chi connectivity index (χ1n) is 6.49. The number of nitrogens with zero attached hydrogens (tertiary/aromatic N) is 5. The van der Waals surface area contributed by atoms with E-state index in [1.165, 1.54) is 42.6 Å². The SMILES string of the molecule is O=[N+]([O-])c1ccc(/C=N/Nc2ccc([N+](=O)[O-])c3nonc23)cc1. The number of anilines is 1. The monoisotopic (exact) mass is 328 g/mol. The quantitative estimate of drug-likeness (QED) is 0.426. The van der Waals surface area contributed by atoms with Gasteiger partial charge in [-0.1, -0.05) is 0 Å². The highest BCUT2D eigenvalue weighted by molar-refractivity contribution is 5.93. The topological polar surface area (TPSA) is 150 Å². The zero-order valence-electron chi connectivity index (χ0n) is 11.8. The molecule has 0 aliphatic rings. The van der Waals surface area contributed by atoms with Crippen molar-refractivity contribution in [2.24, 2.45) is 5.10 Å². The molecular formula is C13H8N6O5. The predicted octanol–water partition coefficient (Wildman–Crippen LogP) is 2.49. The second kappa shape index (κ2) is 6.08. The molecule has 0 atom stereocenters. The van der Waals surface area contributed by atoms with Gasteiger partial charge in [-0.3, -0.25) is 25.7 Å². The summed E-state index contributed by atoms with van der Waals surface area (Å²) >= 11 is 0. The Morgan fingerprint density at radius 3 is 2.38 bits per heavy atom. The van der Waals surface area contributed by atoms with Crippen LogP contribution >= 0.6 is 0 Å². The van der Waals surface area contributed by atoms with Gasteiger partial charge in [-0.15, -0.1) is 0 Å². The third-order valence-electron chi connectivity index (χ3n) is 3.09. The lowest BCUT2D eigenvalue weighted by Crippen LogP contribution is -1.95. The van der Waals surface area contributed by atoms with Crippen LogP contribution in [-0.4, -0.2) is 26.4 Å². The van der Waals surface area contributed by atoms with Crippen LogP contribution in [0.1, 0.15) is 5.56 Å². The van der Waals surface area contributed by atoms with Crippen LogP contribution in [0.25, 0.3) is 11.0 Å². The molecule has 0 radical (unpaired) electrons. The summed E-state index contributed by atoms with van der Waals surface area (Å²) in [7, 11) is 0. The molecule has 0 saturated heterocycles. The van der Waals surface area contributed by atoms with Crippen molar-refractivity contribution in [1.82, 2.24) is 10.3 Å². The van der Waals surface area contributed by atoms with Gasteiger partial charge in [-0.2, -0.15) is 5.10 Å². The van der Waals surface area contributed by atoms with E-state index in [1.54, 1.807) is 0 Å². The number of hydrogen-bond acceptors (Lipinski definition) is 9. The molecule has 0 spiro atoms. The maximum atomic E-state index is 10.9. The summed E-state index contributed by atoms with van der Waals surface area (Å²) in [6.45, 7) is 0. The van der Waals surface area contributed by atoms with Crippen molar-refractivity contribution in [3.63, 3.8) is 0 Å². The first kappa shape index (κ1) is 15.0. The van der Waals surface area contributed by atoms with Gasteiger partial charge in [-0.05, 0) is 34.1 Å². The van der Waals surface area contributed by atoms with E-state index in [9.17, 15) is 20.2 Å². The van der Waals surface area contributed by atoms with Crippen LogP contribution in [0.3, 0.4) is 0 Å². The van der Waals surface area contributed by atoms with Crippen molar-refractivity contribution in [3.05, 3.63) is 62.2 Å². The second-order valence-electron chi connectivity index (χ2n) is 4.57. The van der Waals surface area contributed by atoms with Crippen LogP contribution in [0.2, 0.25) is 0 Å². The molecule has 24 heavy (non-hydrogen) atoms. The molecule has 120 valence electrons. The minimum atomic E-state index is -0.587. The number of rotatable bonds is 5. The van der Waals surface area contributed by atoms with Gasteiger partial charge in [0.2, 0.25) is 5.52 Å². The van der Waals surface area contributed by atoms with E-state index in [2.05, 4.69) is 25.5 Å². The Labute approximate surface area is 132 Å². The molecule has 0 aliphatic carbocycles. The molecule has 0 saturated carbocycles. The van der Waals surface area contributed by atoms with Gasteiger partial charge in [0.15, 0.2) is 5.52 Å². The molecule has 0 amide bonds. The fourth-order valence-corrected chi connectivity index (χ4v) is 1.95. The predicted molar refractivity (Wildman–Crippen MR) is 82.8 cm³/mol. The zero-order chi connectivity index (χ0) is 17.1. The molecule has 0 bridgehead atoms. The molecule has 0 aliphatic heterocycles. The summed E-state index contributed by atoms with van der Waals surface area (Å²) in [6, 6.07) is 8.47. The van der Waals surface area contributed by atoms with Crippen LogP contribution in [0.15, 0.2) is 46.1 Å². The van der Waals surface area contributed by atoms with E-state index < -0.39 is 9.85 Å². The van der Waals surface area contributed by atoms with Crippen LogP contribution in [0.4, 0.5) is 17.1 Å². The second-order valence-corrected chi connectivity index (χ2v) is 4.57. The molecule has 11 nitrogen and oxygen atoms in total. The number of nitro groups is 2. The average molecular weight is 328 g/mol. The van der Waals surface area contributed by atoms with Gasteiger partial charge in [-0.25, -0.2) is 4.63 Å². The van der Waals surface area contributed by atoms with E-state index in [4.69, 9.17) is 0 Å². The van der Waals surface area contributed by atoms with E-state index in [1.807, 2.05) is 0 Å². The number of nitrogens with one attached hydrogen (secondary N) is 1. The summed E-state index contributed by atoms with van der Waals surface area (Å²) < 4.78 is 4.54. The first-order chi connectivity index (χ1) is 11.6. The minimum Gasteiger partial charge on any atom is -0.276 e. The molecule has 1 aromatic heterocycles. The number of hydrogen-bond donors (Lipinski definition) is 1. The Morgan fingerprint density at radius 1 is 1.00 bits per heavy atom. The number of nitro benzene ring substituents is 2. The largest absolute Gasteiger partial charge is 0.300 e. The van der Waals surface area contributed by atoms with E-state index in [-0.39, 0.29) is 22.4 Å². The molecular weight excluding hydrogens is 320 g/mol. The van der Waals surface area contributed by atoms with Crippen LogP contribution < -0.4 is 5.43 Å². The molecule has 1 N–H and O–H groups in total. The van der Waals surface area contributed by atoms with Crippen LogP contribution in [0, 0.1) is 20.2 Å². The fraction of sp³-hybridized carbons (Fsp3) is 0. The molecule has 0 fully saturated rings. The molecule has 3 aromatic rings. The lowest BCUT2D eigenvalue weighted by Gasteiger charge is -2.00. The zero-order valence-corrected chi connectivity index (χ0v) is 11.8. The van der Waals surface area contributed by atoms with Crippen molar-refractivity contribution in [2.45, 2.75) is 0 Å². The lowest BCUT2D eigenvalue weighted by molar-refractivity contribution is -0.384. The Balaban J connectivity index is 1.80. The number of aromatic nitrogens is 2. The van der Waals surface area contributed by atoms with Crippen LogP contribution in [0.5, 0.6) is 0 Å². The standard InChI is InChI=1S/C13H8N6O5/c20-18(21)9-3-1-8(2-4-9)7-14-15-10-5-6-11(19(22)23)13-12(10)16-24-17-13/h1-7,15H/b14-7+. The smallest absolute Gasteiger partial charge is 0.276 e. The summed E-state index contributed by atoms with van der Waals surface area (Å²) in [6.07, 6.45) is 1.44. The fourth-order valence-electron chi connectivity index (χ4n) is 1.95. The summed E-state index contributed by atoms with van der Waals surface area (Å²) in [5, 5.41) is 32.6. The van der Waals surface area contributed by atoms with Crippen molar-refractivity contribution < 1.29 is 14.5 Å². The van der Waals surface area contributed by atoms with Gasteiger partial charge in [0.05, 0.1) is 21.7 Å². The maximum absolute atomic E-state index is 10.9. The number of benzene rings is 2. The Kier molecular flexibility index (Phi) is 3.81. The molecule has 2 aromatic carbocycles. The third kappa shape index (κ3) is 2.85. The minimum absolute atomic E-state index is 0.00976. The van der Waals surface area contributed by atoms with E-state index >= 15 is 0 Å². The molecule has 3 rings (SSSR count). The Morgan fingerprint density at radius 2 is 1.71 bits per heavy atom. The van der Waals surface area contributed by atoms with Crippen molar-refractivity contribution in [2.75, 3.05) is 5.43 Å². The van der Waals surface area contributed by atoms with Crippen molar-refractivity contribution >= 4 is 34.3 Å². The highest BCUT2D eigenvalue weighted by atomic mass is 16.6. The summed E-state index contributed by atoms with van der Waals surface area (Å²) in [5.74, 6) is 0. The molecule has 0 unspecified atom stereocenters. The third-order valence-corrected chi connectivity index (χ3v) is 3.09. The number of hydrazone groups is 1. The highest BCUT2D eigenvalue weighted by Crippen LogP contribution is 2.28. The first-order valence-corrected chi connectivity index (χ1v) is 6.49. The van der Waals surface area contributed by atoms with E-state index in [0.29, 0.717) is 11.3 Å². The lowest BCUT2D eigenvalue weighted by atomic mass is 10.2. The maximum Gasteiger partial charge on any atom is 0.300 e. The van der Waals surface area contributed by atoms with E-state index in [0.717, 1.165) is 0 Å². The number of fused-ring (bicyclic) bond motifs is 1. The molecule has 1 heterocycles. The summed E-state index contributed by atoms with van der Waals surface area (Å²) in [4.78, 5) is 20.4. The average Bonchev–Trinajstić information content (AvgIpc) is 3.05. The van der Waals surface area contributed by atoms with Gasteiger partial charge < -0.3 is 0 Å². The van der Waals surface area contributed by atoms with Crippen molar-refractivity contribution in [3.8, 4) is 0 Å². The van der Waals surface area contributed by atoms with Crippen molar-refractivity contribution in [1.29, 1.82) is 0 Å². The van der Waals surface area contributed by atoms with Gasteiger partial charge in [0.25, 0.3) is 5.69 Å². The van der Waals surface area contributed by atoms with Gasteiger partial charge in [0.1, 0.15) is 0 Å². The van der Waals surface area contributed by atoms with Crippen LogP contribution in [-0.2, 0) is 0 Å². The van der Waals surface area contributed by atoms with Gasteiger partial charge >= 0.3 is 5.69 Å². The normalized spacial score (nSPS) is 11.0. The summed E-state index contributed by atoms with van der Waals surface area (Å²) in [5.41, 5.74) is 3.61. The Bertz CT molecular complexity index is 949. The number of non-ortho nitro benzene ring substituents is 2. The highest BCUT2D eigenvalue weighted by Gasteiger charge is 2.19. The Hall–Kier alpha value is -3.89. The van der Waals surface area contributed by atoms with Gasteiger partial charge in [0, 0.05) is 18.2 Å².